The molecule has 1 saturated carbocycles. The van der Waals surface area contributed by atoms with E-state index in [0.29, 0.717) is 57.0 Å². The number of thiazole rings is 1. The summed E-state index contributed by atoms with van der Waals surface area (Å²) in [5.74, 6) is -2.60. The van der Waals surface area contributed by atoms with E-state index in [9.17, 15) is 23.2 Å². The molecule has 69 heavy (non-hydrogen) atoms. The van der Waals surface area contributed by atoms with Crippen molar-refractivity contribution >= 4 is 40.0 Å². The van der Waals surface area contributed by atoms with Crippen LogP contribution in [-0.4, -0.2) is 119 Å². The maximum Gasteiger partial charge on any atom is 0.324 e. The first-order chi connectivity index (χ1) is 33.3. The van der Waals surface area contributed by atoms with Crippen molar-refractivity contribution in [1.29, 1.82) is 0 Å². The minimum Gasteiger partial charge on any atom is -0.464 e. The van der Waals surface area contributed by atoms with E-state index in [1.807, 2.05) is 31.4 Å². The van der Waals surface area contributed by atoms with Gasteiger partial charge in [0.15, 0.2) is 0 Å². The third-order valence-electron chi connectivity index (χ3n) is 13.8. The molecule has 0 radical (unpaired) electrons. The van der Waals surface area contributed by atoms with Gasteiger partial charge in [-0.05, 0) is 80.8 Å². The lowest BCUT2D eigenvalue weighted by Gasteiger charge is -2.37. The van der Waals surface area contributed by atoms with Gasteiger partial charge in [-0.25, -0.2) is 29.2 Å². The zero-order valence-corrected chi connectivity index (χ0v) is 40.4. The minimum atomic E-state index is -2.89. The highest BCUT2D eigenvalue weighted by Gasteiger charge is 2.54. The number of nitrogens with zero attached hydrogens (tertiary/aromatic N) is 6. The Morgan fingerprint density at radius 1 is 1.09 bits per heavy atom. The molecule has 2 N–H and O–H groups in total. The predicted molar refractivity (Wildman–Crippen MR) is 252 cm³/mol. The first kappa shape index (κ1) is 48.7. The second kappa shape index (κ2) is 21.0. The number of cyclic esters (lactones) is 1. The van der Waals surface area contributed by atoms with Crippen molar-refractivity contribution in [1.82, 2.24) is 40.3 Å². The maximum atomic E-state index is 14.8. The van der Waals surface area contributed by atoms with E-state index in [2.05, 4.69) is 57.3 Å². The fourth-order valence-corrected chi connectivity index (χ4v) is 11.0. The van der Waals surface area contributed by atoms with Crippen LogP contribution in [0.15, 0.2) is 60.5 Å². The van der Waals surface area contributed by atoms with Crippen LogP contribution in [0.4, 0.5) is 8.78 Å². The van der Waals surface area contributed by atoms with E-state index in [-0.39, 0.29) is 42.2 Å². The Morgan fingerprint density at radius 2 is 1.91 bits per heavy atom. The molecule has 3 aliphatic heterocycles. The number of nitrogens with one attached hydrogen (secondary N) is 2. The molecule has 7 heterocycles. The summed E-state index contributed by atoms with van der Waals surface area (Å²) >= 11 is 1.15. The summed E-state index contributed by atoms with van der Waals surface area (Å²) in [6, 6.07) is 9.40. The number of alkyl halides is 2. The number of benzene rings is 1. The van der Waals surface area contributed by atoms with E-state index in [4.69, 9.17) is 33.7 Å². The van der Waals surface area contributed by atoms with Crippen LogP contribution in [0.5, 0.6) is 0 Å². The SMILES string of the molecule is CO[C@@H](C)c1ncccc1-c1c2c3cc(ccc3n1CCOC1CCOCC1)-c1csc(n1)[C@@H](OCC(F)F)[C@H](NC(=O)[C@@H]1[C@@H](C)[C@H]1c1ccncn1)C(=O)N1CCC[C@H](N1)C(=O)OCC(C)(C)C2. The van der Waals surface area contributed by atoms with Gasteiger partial charge in [-0.3, -0.25) is 24.4 Å². The largest absolute Gasteiger partial charge is 0.464 e. The van der Waals surface area contributed by atoms with Gasteiger partial charge in [0.1, 0.15) is 36.1 Å². The Bertz CT molecular complexity index is 2630. The molecular weight excluding hydrogens is 911 g/mol. The number of carbonyl (C=O) groups is 3. The zero-order chi connectivity index (χ0) is 48.4. The summed E-state index contributed by atoms with van der Waals surface area (Å²) in [4.78, 5) is 61.4. The number of rotatable bonds is 13. The molecule has 0 unspecified atom stereocenters. The number of hydrogen-bond acceptors (Lipinski definition) is 14. The third-order valence-corrected chi connectivity index (χ3v) is 14.7. The summed E-state index contributed by atoms with van der Waals surface area (Å²) in [6.45, 7) is 9.48. The Kier molecular flexibility index (Phi) is 14.8. The van der Waals surface area contributed by atoms with E-state index < -0.39 is 60.3 Å². The number of halogens is 2. The summed E-state index contributed by atoms with van der Waals surface area (Å²) in [6.07, 6.45) is 3.13. The van der Waals surface area contributed by atoms with E-state index in [0.717, 1.165) is 63.2 Å². The Labute approximate surface area is 403 Å². The van der Waals surface area contributed by atoms with Gasteiger partial charge in [0, 0.05) is 96.2 Å². The van der Waals surface area contributed by atoms with Crippen LogP contribution in [0.2, 0.25) is 0 Å². The molecule has 1 aromatic carbocycles. The van der Waals surface area contributed by atoms with Crippen molar-refractivity contribution in [3.8, 4) is 22.5 Å². The van der Waals surface area contributed by atoms with Gasteiger partial charge in [0.05, 0.1) is 42.5 Å². The highest BCUT2D eigenvalue weighted by Crippen LogP contribution is 2.53. The molecule has 368 valence electrons. The van der Waals surface area contributed by atoms with Crippen molar-refractivity contribution in [3.63, 3.8) is 0 Å². The van der Waals surface area contributed by atoms with Gasteiger partial charge >= 0.3 is 5.97 Å². The molecule has 3 fully saturated rings. The lowest BCUT2D eigenvalue weighted by atomic mass is 9.84. The lowest BCUT2D eigenvalue weighted by Crippen LogP contribution is -2.61. The molecule has 16 nitrogen and oxygen atoms in total. The van der Waals surface area contributed by atoms with E-state index >= 15 is 0 Å². The first-order valence-electron chi connectivity index (χ1n) is 23.8. The second-order valence-electron chi connectivity index (χ2n) is 19.2. The molecule has 2 saturated heterocycles. The van der Waals surface area contributed by atoms with Crippen molar-refractivity contribution in [2.45, 2.75) is 109 Å². The summed E-state index contributed by atoms with van der Waals surface area (Å²) < 4.78 is 60.6. The molecule has 1 aliphatic carbocycles. The fourth-order valence-electron chi connectivity index (χ4n) is 10.1. The van der Waals surface area contributed by atoms with Gasteiger partial charge < -0.3 is 33.6 Å². The van der Waals surface area contributed by atoms with Crippen LogP contribution in [0.25, 0.3) is 33.4 Å². The lowest BCUT2D eigenvalue weighted by molar-refractivity contribution is -0.157. The number of esters is 1. The Morgan fingerprint density at radius 3 is 2.68 bits per heavy atom. The normalized spacial score (nSPS) is 24.8. The number of methoxy groups -OCH3 is 1. The summed E-state index contributed by atoms with van der Waals surface area (Å²) in [5, 5.41) is 7.14. The molecule has 0 spiro atoms. The smallest absolute Gasteiger partial charge is 0.324 e. The fraction of sp³-hybridized carbons (Fsp3) is 0.540. The van der Waals surface area contributed by atoms with Crippen LogP contribution in [0, 0.1) is 17.3 Å². The van der Waals surface area contributed by atoms with Gasteiger partial charge in [0.25, 0.3) is 12.3 Å². The highest BCUT2D eigenvalue weighted by atomic mass is 32.1. The van der Waals surface area contributed by atoms with Crippen LogP contribution >= 0.6 is 11.3 Å². The van der Waals surface area contributed by atoms with E-state index in [1.165, 1.54) is 11.3 Å². The number of aromatic nitrogens is 5. The van der Waals surface area contributed by atoms with Crippen molar-refractivity contribution < 1.29 is 46.8 Å². The van der Waals surface area contributed by atoms with Crippen LogP contribution in [-0.2, 0) is 51.0 Å². The van der Waals surface area contributed by atoms with Crippen molar-refractivity contribution in [2.75, 3.05) is 46.7 Å². The topological polar surface area (TPSA) is 181 Å². The third kappa shape index (κ3) is 10.6. The molecule has 5 aromatic rings. The monoisotopic (exact) mass is 970 g/mol. The number of ether oxygens (including phenoxy) is 5. The maximum absolute atomic E-state index is 14.8. The number of carbonyl (C=O) groups excluding carboxylic acids is 3. The highest BCUT2D eigenvalue weighted by molar-refractivity contribution is 7.10. The average molecular weight is 971 g/mol. The molecule has 6 bridgehead atoms. The molecular formula is C50H60F2N8O8S. The molecule has 4 aromatic heterocycles. The van der Waals surface area contributed by atoms with Crippen molar-refractivity contribution in [3.05, 3.63) is 82.5 Å². The predicted octanol–water partition coefficient (Wildman–Crippen LogP) is 7.00. The van der Waals surface area contributed by atoms with E-state index in [1.54, 1.807) is 25.6 Å². The quantitative estimate of drug-likeness (QED) is 0.115. The first-order valence-corrected chi connectivity index (χ1v) is 24.7. The van der Waals surface area contributed by atoms with Crippen LogP contribution in [0.3, 0.4) is 0 Å². The zero-order valence-electron chi connectivity index (χ0n) is 39.6. The van der Waals surface area contributed by atoms with Crippen LogP contribution in [0.1, 0.15) is 93.5 Å². The van der Waals surface area contributed by atoms with Gasteiger partial charge in [-0.2, -0.15) is 0 Å². The minimum absolute atomic E-state index is 0.0513. The van der Waals surface area contributed by atoms with Crippen molar-refractivity contribution in [2.24, 2.45) is 17.3 Å². The molecule has 2 amide bonds. The number of pyridine rings is 1. The summed E-state index contributed by atoms with van der Waals surface area (Å²) in [5.41, 5.74) is 8.92. The van der Waals surface area contributed by atoms with Gasteiger partial charge in [-0.1, -0.05) is 26.8 Å². The van der Waals surface area contributed by atoms with Gasteiger partial charge in [0.2, 0.25) is 5.91 Å². The molecule has 9 rings (SSSR count). The Balaban J connectivity index is 1.17. The molecule has 7 atom stereocenters. The number of hydrazine groups is 1. The number of fused-ring (bicyclic) bond motifs is 6. The number of hydrogen-bond donors (Lipinski definition) is 2. The standard InChI is InChI=1S/C50H60F2N8O8S/c1-28-40(35-12-16-53-27-55-35)41(28)46(61)57-43-45(67-24-39(51)52)47-56-37(25-69-47)30-10-11-38-33(22-30)34(23-50(3,4)26-68-49(63)36-9-7-17-60(58-36)48(43)62)44(32-8-6-15-54-42(32)29(2)64-5)59(38)18-21-66-31-13-19-65-20-14-31/h6,8,10-12,15-16,22,25,27-29,31,36,39-41,43,45,58H,7,9,13-14,17-21,23-24,26H2,1-5H3,(H,57,61)/t28-,29-,36-,40-,41+,43-,45-/m0/s1. The van der Waals surface area contributed by atoms with Crippen LogP contribution < -0.4 is 10.7 Å². The Hall–Kier alpha value is -5.31. The average Bonchev–Trinajstić information content (AvgIpc) is 3.64. The summed E-state index contributed by atoms with van der Waals surface area (Å²) in [7, 11) is 1.66. The molecule has 19 heteroatoms. The number of amides is 2. The van der Waals surface area contributed by atoms with Gasteiger partial charge in [-0.15, -0.1) is 11.3 Å². The molecule has 4 aliphatic rings. The second-order valence-corrected chi connectivity index (χ2v) is 20.1.